The summed E-state index contributed by atoms with van der Waals surface area (Å²) in [6.07, 6.45) is 0. The molecule has 276 valence electrons. The van der Waals surface area contributed by atoms with Crippen LogP contribution < -0.4 is 0 Å². The molecule has 4 heterocycles. The molecule has 0 aliphatic rings. The second-order valence-corrected chi connectivity index (χ2v) is 15.1. The molecule has 5 nitrogen and oxygen atoms in total. The number of aromatic nitrogens is 5. The van der Waals surface area contributed by atoms with Crippen molar-refractivity contribution < 1.29 is 0 Å². The number of fused-ring (bicyclic) bond motifs is 7. The minimum absolute atomic E-state index is 0.873. The van der Waals surface area contributed by atoms with Crippen LogP contribution in [-0.4, -0.2) is 23.7 Å². The lowest BCUT2D eigenvalue weighted by Crippen LogP contribution is -2.00. The zero-order chi connectivity index (χ0) is 38.9. The van der Waals surface area contributed by atoms with Crippen molar-refractivity contribution in [3.8, 4) is 51.0 Å². The van der Waals surface area contributed by atoms with Gasteiger partial charge in [0.1, 0.15) is 5.82 Å². The molecule has 0 amide bonds. The van der Waals surface area contributed by atoms with Crippen LogP contribution in [-0.2, 0) is 0 Å². The first-order valence-electron chi connectivity index (χ1n) is 20.0. The summed E-state index contributed by atoms with van der Waals surface area (Å²) in [5, 5.41) is 4.94. The fourth-order valence-corrected chi connectivity index (χ4v) is 9.01. The van der Waals surface area contributed by atoms with E-state index < -0.39 is 0 Å². The predicted octanol–water partition coefficient (Wildman–Crippen LogP) is 13.6. The average molecular weight is 754 g/mol. The molecule has 0 saturated carbocycles. The van der Waals surface area contributed by atoms with Gasteiger partial charge < -0.3 is 9.13 Å². The van der Waals surface area contributed by atoms with E-state index in [0.717, 1.165) is 73.0 Å². The Morgan fingerprint density at radius 2 is 0.729 bits per heavy atom. The lowest BCUT2D eigenvalue weighted by atomic mass is 10.0. The molecule has 8 aromatic carbocycles. The van der Waals surface area contributed by atoms with Gasteiger partial charge in [-0.25, -0.2) is 9.97 Å². The highest BCUT2D eigenvalue weighted by Crippen LogP contribution is 2.38. The molecule has 0 fully saturated rings. The summed E-state index contributed by atoms with van der Waals surface area (Å²) in [6, 6.07) is 75.4. The molecule has 5 heteroatoms. The highest BCUT2D eigenvalue weighted by Gasteiger charge is 2.19. The van der Waals surface area contributed by atoms with Gasteiger partial charge in [-0.15, -0.1) is 0 Å². The minimum atomic E-state index is 0.873. The maximum Gasteiger partial charge on any atom is 0.145 e. The number of hydrogen-bond donors (Lipinski definition) is 0. The second-order valence-electron chi connectivity index (χ2n) is 15.1. The number of hydrogen-bond acceptors (Lipinski definition) is 2. The van der Waals surface area contributed by atoms with Crippen molar-refractivity contribution in [2.24, 2.45) is 0 Å². The van der Waals surface area contributed by atoms with Crippen molar-refractivity contribution in [2.75, 3.05) is 0 Å². The first-order chi connectivity index (χ1) is 29.3. The molecule has 12 rings (SSSR count). The van der Waals surface area contributed by atoms with Crippen LogP contribution in [0.5, 0.6) is 0 Å². The van der Waals surface area contributed by atoms with Crippen LogP contribution in [0.25, 0.3) is 106 Å². The second kappa shape index (κ2) is 13.3. The minimum Gasteiger partial charge on any atom is -0.309 e. The lowest BCUT2D eigenvalue weighted by Gasteiger charge is -2.15. The highest BCUT2D eigenvalue weighted by molar-refractivity contribution is 6.10. The van der Waals surface area contributed by atoms with Crippen molar-refractivity contribution in [2.45, 2.75) is 0 Å². The van der Waals surface area contributed by atoms with Crippen molar-refractivity contribution in [3.05, 3.63) is 212 Å². The first kappa shape index (κ1) is 33.2. The zero-order valence-electron chi connectivity index (χ0n) is 31.9. The molecule has 4 aromatic heterocycles. The van der Waals surface area contributed by atoms with Gasteiger partial charge in [0.2, 0.25) is 0 Å². The molecule has 0 unspecified atom stereocenters. The van der Waals surface area contributed by atoms with Crippen LogP contribution in [0.3, 0.4) is 0 Å². The Labute approximate surface area is 340 Å². The number of imidazole rings is 1. The van der Waals surface area contributed by atoms with Crippen molar-refractivity contribution >= 4 is 54.6 Å². The zero-order valence-corrected chi connectivity index (χ0v) is 31.9. The standard InChI is InChI=1S/C54H35N5/c1-2-15-39(16-3-1)59-53-28-13-8-21-48(53)56-54(59)38-33-37(34-41(35-38)58-51-26-11-6-19-44(51)45-20-7-12-27-52(45)58)47-23-14-22-46(55-47)36-29-31-40(32-30-36)57-49-24-9-4-17-42(49)43-18-5-10-25-50(43)57/h1-35H. The third-order valence-corrected chi connectivity index (χ3v) is 11.6. The number of benzene rings is 8. The van der Waals surface area contributed by atoms with Crippen molar-refractivity contribution in [3.63, 3.8) is 0 Å². The third-order valence-electron chi connectivity index (χ3n) is 11.6. The Kier molecular flexibility index (Phi) is 7.47. The maximum absolute atomic E-state index is 5.37. The summed E-state index contributed by atoms with van der Waals surface area (Å²) in [7, 11) is 0. The van der Waals surface area contributed by atoms with E-state index in [2.05, 4.69) is 226 Å². The molecule has 12 aromatic rings. The molecular formula is C54H35N5. The molecule has 0 saturated heterocycles. The lowest BCUT2D eigenvalue weighted by molar-refractivity contribution is 1.10. The van der Waals surface area contributed by atoms with E-state index in [1.165, 1.54) is 32.6 Å². The number of rotatable bonds is 6. The Morgan fingerprint density at radius 3 is 1.32 bits per heavy atom. The molecule has 0 aliphatic carbocycles. The van der Waals surface area contributed by atoms with Gasteiger partial charge in [0.15, 0.2) is 0 Å². The van der Waals surface area contributed by atoms with Gasteiger partial charge >= 0.3 is 0 Å². The summed E-state index contributed by atoms with van der Waals surface area (Å²) in [4.78, 5) is 10.7. The molecule has 0 N–H and O–H groups in total. The monoisotopic (exact) mass is 753 g/mol. The fraction of sp³-hybridized carbons (Fsp3) is 0. The van der Waals surface area contributed by atoms with Gasteiger partial charge in [-0.3, -0.25) is 4.57 Å². The van der Waals surface area contributed by atoms with Gasteiger partial charge in [0.25, 0.3) is 0 Å². The van der Waals surface area contributed by atoms with Gasteiger partial charge in [0, 0.05) is 55.3 Å². The summed E-state index contributed by atoms with van der Waals surface area (Å²) < 4.78 is 7.00. The normalized spacial score (nSPS) is 11.7. The Morgan fingerprint density at radius 1 is 0.271 bits per heavy atom. The molecule has 59 heavy (non-hydrogen) atoms. The van der Waals surface area contributed by atoms with Crippen molar-refractivity contribution in [1.82, 2.24) is 23.7 Å². The van der Waals surface area contributed by atoms with Crippen LogP contribution in [0.2, 0.25) is 0 Å². The predicted molar refractivity (Wildman–Crippen MR) is 244 cm³/mol. The van der Waals surface area contributed by atoms with Crippen LogP contribution in [0, 0.1) is 0 Å². The highest BCUT2D eigenvalue weighted by atomic mass is 15.1. The molecule has 0 aliphatic heterocycles. The Balaban J connectivity index is 1.04. The van der Waals surface area contributed by atoms with E-state index in [1.807, 2.05) is 0 Å². The Bertz CT molecular complexity index is 3440. The largest absolute Gasteiger partial charge is 0.309 e. The SMILES string of the molecule is c1ccc(-n2c(-c3cc(-c4cccc(-c5ccc(-n6c7ccccc7c7ccccc76)cc5)n4)cc(-n4c5ccccc5c5ccccc54)c3)nc3ccccc32)cc1. The molecule has 0 spiro atoms. The van der Waals surface area contributed by atoms with Crippen LogP contribution in [0.4, 0.5) is 0 Å². The van der Waals surface area contributed by atoms with E-state index in [-0.39, 0.29) is 0 Å². The molecular weight excluding hydrogens is 719 g/mol. The maximum atomic E-state index is 5.37. The number of pyridine rings is 1. The smallest absolute Gasteiger partial charge is 0.145 e. The van der Waals surface area contributed by atoms with E-state index >= 15 is 0 Å². The quantitative estimate of drug-likeness (QED) is 0.170. The van der Waals surface area contributed by atoms with E-state index in [4.69, 9.17) is 9.97 Å². The fourth-order valence-electron chi connectivity index (χ4n) is 9.01. The van der Waals surface area contributed by atoms with Gasteiger partial charge in [-0.2, -0.15) is 0 Å². The third kappa shape index (κ3) is 5.33. The van der Waals surface area contributed by atoms with Gasteiger partial charge in [-0.1, -0.05) is 121 Å². The summed E-state index contributed by atoms with van der Waals surface area (Å²) in [5.74, 6) is 0.873. The van der Waals surface area contributed by atoms with Crippen molar-refractivity contribution in [1.29, 1.82) is 0 Å². The van der Waals surface area contributed by atoms with E-state index in [0.29, 0.717) is 0 Å². The molecule has 0 radical (unpaired) electrons. The first-order valence-corrected chi connectivity index (χ1v) is 20.0. The topological polar surface area (TPSA) is 40.6 Å². The molecule has 0 bridgehead atoms. The van der Waals surface area contributed by atoms with Gasteiger partial charge in [0.05, 0.1) is 44.5 Å². The summed E-state index contributed by atoms with van der Waals surface area (Å²) in [6.45, 7) is 0. The van der Waals surface area contributed by atoms with Crippen LogP contribution in [0.1, 0.15) is 0 Å². The molecule has 0 atom stereocenters. The summed E-state index contributed by atoms with van der Waals surface area (Å²) >= 11 is 0. The van der Waals surface area contributed by atoms with Crippen LogP contribution in [0.15, 0.2) is 212 Å². The van der Waals surface area contributed by atoms with Gasteiger partial charge in [-0.05, 0) is 91.0 Å². The summed E-state index contributed by atoms with van der Waals surface area (Å²) in [5.41, 5.74) is 14.8. The van der Waals surface area contributed by atoms with E-state index in [9.17, 15) is 0 Å². The number of para-hydroxylation sites is 7. The average Bonchev–Trinajstić information content (AvgIpc) is 3.98. The van der Waals surface area contributed by atoms with Crippen LogP contribution >= 0.6 is 0 Å². The number of nitrogens with zero attached hydrogens (tertiary/aromatic N) is 5. The van der Waals surface area contributed by atoms with E-state index in [1.54, 1.807) is 0 Å². The Hall–Kier alpha value is -8.02.